The Hall–Kier alpha value is -2.90. The highest BCUT2D eigenvalue weighted by molar-refractivity contribution is 5.80. The second-order valence-electron chi connectivity index (χ2n) is 22.8. The number of aliphatic hydroxyl groups is 5. The molecule has 1 aliphatic rings. The SMILES string of the molecule is CC/C=C\C/C=C\C/C=C\C/C=C\C/C=C\CCCCCCCCCCC(O)C(=O)NC(COC1OC(CO)C(O)C(O)C1OC(=O)CCCCCCCCCCCCCCCC)C(O)/C=C/CCCCCCCCCCCCC. The molecule has 8 atom stereocenters. The van der Waals surface area contributed by atoms with Crippen molar-refractivity contribution in [3.63, 3.8) is 0 Å². The van der Waals surface area contributed by atoms with E-state index in [0.717, 1.165) is 96.3 Å². The van der Waals surface area contributed by atoms with Crippen molar-refractivity contribution in [1.82, 2.24) is 5.32 Å². The van der Waals surface area contributed by atoms with Crippen molar-refractivity contribution in [3.8, 4) is 0 Å². The monoisotopic (exact) mass is 1130 g/mol. The minimum absolute atomic E-state index is 0.125. The molecular weight excluding hydrogens is 1000 g/mol. The third-order valence-corrected chi connectivity index (χ3v) is 15.4. The molecule has 0 spiro atoms. The average molecular weight is 1130 g/mol. The minimum Gasteiger partial charge on any atom is -0.454 e. The lowest BCUT2D eigenvalue weighted by atomic mass is 9.99. The number of rotatable bonds is 56. The Balaban J connectivity index is 2.63. The van der Waals surface area contributed by atoms with E-state index in [1.165, 1.54) is 148 Å². The van der Waals surface area contributed by atoms with E-state index in [2.05, 4.69) is 86.8 Å². The van der Waals surface area contributed by atoms with E-state index in [0.29, 0.717) is 12.8 Å². The molecule has 1 saturated heterocycles. The van der Waals surface area contributed by atoms with Crippen molar-refractivity contribution in [2.75, 3.05) is 13.2 Å². The van der Waals surface area contributed by atoms with Crippen LogP contribution in [0.25, 0.3) is 0 Å². The number of hydrogen-bond acceptors (Lipinski definition) is 10. The topological polar surface area (TPSA) is 175 Å². The molecule has 0 aromatic rings. The van der Waals surface area contributed by atoms with Gasteiger partial charge < -0.3 is 45.1 Å². The quantitative estimate of drug-likeness (QED) is 0.0195. The minimum atomic E-state index is -1.61. The van der Waals surface area contributed by atoms with Gasteiger partial charge in [-0.05, 0) is 70.6 Å². The van der Waals surface area contributed by atoms with Gasteiger partial charge in [-0.15, -0.1) is 0 Å². The predicted molar refractivity (Wildman–Crippen MR) is 333 cm³/mol. The molecule has 1 heterocycles. The smallest absolute Gasteiger partial charge is 0.306 e. The predicted octanol–water partition coefficient (Wildman–Crippen LogP) is 16.3. The van der Waals surface area contributed by atoms with Crippen molar-refractivity contribution in [2.24, 2.45) is 0 Å². The third-order valence-electron chi connectivity index (χ3n) is 15.4. The van der Waals surface area contributed by atoms with Gasteiger partial charge in [0.2, 0.25) is 5.91 Å². The van der Waals surface area contributed by atoms with Crippen molar-refractivity contribution in [1.29, 1.82) is 0 Å². The highest BCUT2D eigenvalue weighted by Gasteiger charge is 2.47. The van der Waals surface area contributed by atoms with E-state index >= 15 is 0 Å². The van der Waals surface area contributed by atoms with Gasteiger partial charge in [0.05, 0.1) is 25.4 Å². The van der Waals surface area contributed by atoms with Crippen LogP contribution in [-0.2, 0) is 23.8 Å². The van der Waals surface area contributed by atoms with Crippen LogP contribution in [0.1, 0.15) is 290 Å². The number of carbonyl (C=O) groups is 2. The number of hydrogen-bond donors (Lipinski definition) is 6. The first-order valence-electron chi connectivity index (χ1n) is 33.2. The van der Waals surface area contributed by atoms with Crippen LogP contribution in [-0.4, -0.2) is 99.6 Å². The first kappa shape index (κ1) is 75.1. The van der Waals surface area contributed by atoms with Crippen LogP contribution in [0.4, 0.5) is 0 Å². The first-order valence-corrected chi connectivity index (χ1v) is 33.2. The zero-order chi connectivity index (χ0) is 58.2. The molecule has 0 saturated carbocycles. The van der Waals surface area contributed by atoms with Gasteiger partial charge in [-0.2, -0.15) is 0 Å². The molecule has 1 aliphatic heterocycles. The number of amides is 1. The lowest BCUT2D eigenvalue weighted by Crippen LogP contribution is -2.61. The van der Waals surface area contributed by atoms with Crippen molar-refractivity contribution < 1.29 is 49.3 Å². The molecule has 0 aromatic carbocycles. The fraction of sp³-hybridized carbons (Fsp3) is 0.797. The Kier molecular flexibility index (Phi) is 53.1. The molecule has 0 radical (unpaired) electrons. The van der Waals surface area contributed by atoms with Crippen LogP contribution in [0.15, 0.2) is 72.9 Å². The van der Waals surface area contributed by atoms with Crippen LogP contribution in [0.5, 0.6) is 0 Å². The summed E-state index contributed by atoms with van der Waals surface area (Å²) in [5, 5.41) is 57.1. The molecule has 0 bridgehead atoms. The van der Waals surface area contributed by atoms with E-state index < -0.39 is 67.4 Å². The van der Waals surface area contributed by atoms with E-state index in [1.54, 1.807) is 6.08 Å². The van der Waals surface area contributed by atoms with Gasteiger partial charge >= 0.3 is 5.97 Å². The summed E-state index contributed by atoms with van der Waals surface area (Å²) < 4.78 is 17.6. The van der Waals surface area contributed by atoms with Crippen molar-refractivity contribution >= 4 is 11.9 Å². The average Bonchev–Trinajstić information content (AvgIpc) is 3.51. The summed E-state index contributed by atoms with van der Waals surface area (Å²) in [6.45, 7) is 5.69. The molecule has 464 valence electrons. The molecule has 1 fully saturated rings. The molecule has 8 unspecified atom stereocenters. The Bertz CT molecular complexity index is 1580. The molecular formula is C69H123NO10. The number of unbranched alkanes of at least 4 members (excludes halogenated alkanes) is 32. The Morgan fingerprint density at radius 3 is 1.35 bits per heavy atom. The lowest BCUT2D eigenvalue weighted by molar-refractivity contribution is -0.305. The van der Waals surface area contributed by atoms with E-state index in [9.17, 15) is 35.1 Å². The molecule has 1 amide bonds. The van der Waals surface area contributed by atoms with Crippen LogP contribution in [0, 0.1) is 0 Å². The maximum atomic E-state index is 13.5. The van der Waals surface area contributed by atoms with Gasteiger partial charge in [0.25, 0.3) is 0 Å². The van der Waals surface area contributed by atoms with Gasteiger partial charge in [0, 0.05) is 6.42 Å². The summed E-state index contributed by atoms with van der Waals surface area (Å²) in [6.07, 6.45) is 62.2. The lowest BCUT2D eigenvalue weighted by Gasteiger charge is -2.41. The number of allylic oxidation sites excluding steroid dienone is 11. The Labute approximate surface area is 490 Å². The molecule has 11 heteroatoms. The molecule has 0 aliphatic carbocycles. The number of esters is 1. The maximum absolute atomic E-state index is 13.5. The fourth-order valence-corrected chi connectivity index (χ4v) is 10.1. The van der Waals surface area contributed by atoms with Crippen molar-refractivity contribution in [2.45, 2.75) is 339 Å². The standard InChI is InChI=1S/C69H123NO10/c1-4-7-10-13-16-19-22-25-27-28-29-30-31-32-33-34-35-36-38-41-44-47-50-53-56-62(73)68(77)70-60(61(72)55-52-49-46-43-40-37-24-21-18-15-12-9-6-3)59-78-69-67(66(76)65(75)63(58-71)79-69)80-64(74)57-54-51-48-45-42-39-26-23-20-17-14-11-8-5-2/h7,10,16,19,25,27,29-30,32-33,52,55,60-63,65-67,69,71-73,75-76H,4-6,8-9,11-15,17-18,20-24,26,28,31,34-51,53-54,56-59H2,1-3H3,(H,70,77)/b10-7-,19-16-,27-25-,30-29-,33-32-,55-52+. The summed E-state index contributed by atoms with van der Waals surface area (Å²) in [6, 6.07) is -1.03. The number of aliphatic hydroxyl groups excluding tert-OH is 5. The molecule has 0 aromatic heterocycles. The molecule has 80 heavy (non-hydrogen) atoms. The van der Waals surface area contributed by atoms with E-state index in [1.807, 2.05) is 6.08 Å². The largest absolute Gasteiger partial charge is 0.454 e. The second-order valence-corrected chi connectivity index (χ2v) is 22.8. The van der Waals surface area contributed by atoms with Gasteiger partial charge in [0.1, 0.15) is 24.4 Å². The zero-order valence-corrected chi connectivity index (χ0v) is 51.4. The van der Waals surface area contributed by atoms with Gasteiger partial charge in [-0.25, -0.2) is 0 Å². The first-order chi connectivity index (χ1) is 39.2. The van der Waals surface area contributed by atoms with Crippen LogP contribution < -0.4 is 5.32 Å². The van der Waals surface area contributed by atoms with Gasteiger partial charge in [-0.1, -0.05) is 286 Å². The zero-order valence-electron chi connectivity index (χ0n) is 51.4. The van der Waals surface area contributed by atoms with Crippen LogP contribution in [0.2, 0.25) is 0 Å². The molecule has 11 nitrogen and oxygen atoms in total. The summed E-state index contributed by atoms with van der Waals surface area (Å²) in [4.78, 5) is 26.6. The molecule has 6 N–H and O–H groups in total. The number of carbonyl (C=O) groups excluding carboxylic acids is 2. The van der Waals surface area contributed by atoms with Gasteiger partial charge in [0.15, 0.2) is 12.4 Å². The summed E-state index contributed by atoms with van der Waals surface area (Å²) in [7, 11) is 0. The molecule has 1 rings (SSSR count). The summed E-state index contributed by atoms with van der Waals surface area (Å²) in [5.41, 5.74) is 0. The fourth-order valence-electron chi connectivity index (χ4n) is 10.1. The number of ether oxygens (including phenoxy) is 3. The highest BCUT2D eigenvalue weighted by Crippen LogP contribution is 2.26. The second kappa shape index (κ2) is 56.6. The maximum Gasteiger partial charge on any atom is 0.306 e. The van der Waals surface area contributed by atoms with E-state index in [-0.39, 0.29) is 19.4 Å². The van der Waals surface area contributed by atoms with E-state index in [4.69, 9.17) is 14.2 Å². The van der Waals surface area contributed by atoms with Gasteiger partial charge in [-0.3, -0.25) is 9.59 Å². The highest BCUT2D eigenvalue weighted by atomic mass is 16.7. The normalized spacial score (nSPS) is 19.2. The third kappa shape index (κ3) is 43.7. The number of nitrogens with one attached hydrogen (secondary N) is 1. The summed E-state index contributed by atoms with van der Waals surface area (Å²) in [5.74, 6) is -1.19. The van der Waals surface area contributed by atoms with Crippen LogP contribution >= 0.6 is 0 Å². The Morgan fingerprint density at radius 2 is 0.900 bits per heavy atom. The van der Waals surface area contributed by atoms with Crippen molar-refractivity contribution in [3.05, 3.63) is 72.9 Å². The van der Waals surface area contributed by atoms with Crippen LogP contribution in [0.3, 0.4) is 0 Å². The summed E-state index contributed by atoms with van der Waals surface area (Å²) >= 11 is 0. The Morgan fingerprint density at radius 1 is 0.500 bits per heavy atom.